The average molecular weight is 284 g/mol. The van der Waals surface area contributed by atoms with Gasteiger partial charge in [-0.3, -0.25) is 0 Å². The summed E-state index contributed by atoms with van der Waals surface area (Å²) < 4.78 is 27.4. The molecule has 0 radical (unpaired) electrons. The Morgan fingerprint density at radius 3 is 1.68 bits per heavy atom. The van der Waals surface area contributed by atoms with Crippen molar-refractivity contribution in [2.45, 2.75) is 52.5 Å². The minimum absolute atomic E-state index is 0.206. The van der Waals surface area contributed by atoms with Gasteiger partial charge in [0, 0.05) is 12.6 Å². The molecular formula is C14H24N2O2S. The number of benzene rings is 1. The number of hydrogen-bond donors (Lipinski definition) is 2. The molecule has 0 aromatic heterocycles. The fourth-order valence-corrected chi connectivity index (χ4v) is 3.92. The highest BCUT2D eigenvalue weighted by Crippen LogP contribution is 2.29. The largest absolute Gasteiger partial charge is 0.327 e. The third-order valence-corrected chi connectivity index (χ3v) is 5.49. The van der Waals surface area contributed by atoms with E-state index in [0.29, 0.717) is 4.90 Å². The number of hydrogen-bond acceptors (Lipinski definition) is 3. The van der Waals surface area contributed by atoms with Crippen LogP contribution >= 0.6 is 0 Å². The Morgan fingerprint density at radius 1 is 0.947 bits per heavy atom. The maximum absolute atomic E-state index is 12.4. The fourth-order valence-electron chi connectivity index (χ4n) is 2.18. The highest BCUT2D eigenvalue weighted by molar-refractivity contribution is 7.89. The van der Waals surface area contributed by atoms with Gasteiger partial charge in [0.1, 0.15) is 0 Å². The van der Waals surface area contributed by atoms with Crippen molar-refractivity contribution < 1.29 is 8.42 Å². The van der Waals surface area contributed by atoms with E-state index in [1.54, 1.807) is 6.92 Å². The third kappa shape index (κ3) is 3.16. The Labute approximate surface area is 116 Å². The molecule has 0 heterocycles. The Balaban J connectivity index is 3.43. The van der Waals surface area contributed by atoms with Gasteiger partial charge in [-0.25, -0.2) is 13.1 Å². The first-order chi connectivity index (χ1) is 8.59. The van der Waals surface area contributed by atoms with Crippen LogP contribution in [0.2, 0.25) is 0 Å². The first kappa shape index (κ1) is 16.1. The molecule has 1 unspecified atom stereocenters. The topological polar surface area (TPSA) is 72.2 Å². The predicted octanol–water partition coefficient (Wildman–Crippen LogP) is 1.85. The molecule has 1 aromatic rings. The number of rotatable bonds is 4. The molecule has 0 bridgehead atoms. The van der Waals surface area contributed by atoms with Crippen molar-refractivity contribution in [2.24, 2.45) is 5.73 Å². The number of nitrogens with two attached hydrogens (primary N) is 1. The van der Waals surface area contributed by atoms with E-state index in [1.165, 1.54) is 0 Å². The first-order valence-corrected chi connectivity index (χ1v) is 7.90. The zero-order valence-electron chi connectivity index (χ0n) is 12.6. The maximum Gasteiger partial charge on any atom is 0.241 e. The van der Waals surface area contributed by atoms with Crippen LogP contribution in [0.3, 0.4) is 0 Å². The lowest BCUT2D eigenvalue weighted by Crippen LogP contribution is -2.36. The van der Waals surface area contributed by atoms with E-state index in [1.807, 2.05) is 34.6 Å². The number of nitrogens with one attached hydrogen (secondary N) is 1. The second-order valence-electron chi connectivity index (χ2n) is 5.28. The van der Waals surface area contributed by atoms with E-state index in [0.717, 1.165) is 27.8 Å². The van der Waals surface area contributed by atoms with Gasteiger partial charge in [0.05, 0.1) is 4.90 Å². The molecule has 19 heavy (non-hydrogen) atoms. The van der Waals surface area contributed by atoms with Gasteiger partial charge in [0.25, 0.3) is 0 Å². The SMILES string of the molecule is Cc1c(C)c(C)c(S(=O)(=O)NCC(C)N)c(C)c1C. The van der Waals surface area contributed by atoms with Gasteiger partial charge in [0.15, 0.2) is 0 Å². The van der Waals surface area contributed by atoms with E-state index >= 15 is 0 Å². The van der Waals surface area contributed by atoms with Crippen LogP contribution in [-0.4, -0.2) is 21.0 Å². The molecule has 0 aliphatic heterocycles. The van der Waals surface area contributed by atoms with Crippen molar-refractivity contribution in [3.05, 3.63) is 27.8 Å². The summed E-state index contributed by atoms with van der Waals surface area (Å²) in [7, 11) is -3.51. The van der Waals surface area contributed by atoms with Gasteiger partial charge >= 0.3 is 0 Å². The van der Waals surface area contributed by atoms with Crippen molar-refractivity contribution >= 4 is 10.0 Å². The molecular weight excluding hydrogens is 260 g/mol. The van der Waals surface area contributed by atoms with Crippen LogP contribution in [-0.2, 0) is 10.0 Å². The van der Waals surface area contributed by atoms with Gasteiger partial charge in [-0.2, -0.15) is 0 Å². The normalized spacial score (nSPS) is 13.6. The lowest BCUT2D eigenvalue weighted by molar-refractivity contribution is 0.572. The summed E-state index contributed by atoms with van der Waals surface area (Å²) in [5, 5.41) is 0. The van der Waals surface area contributed by atoms with E-state index in [-0.39, 0.29) is 12.6 Å². The summed E-state index contributed by atoms with van der Waals surface area (Å²) >= 11 is 0. The van der Waals surface area contributed by atoms with Gasteiger partial charge in [0.2, 0.25) is 10.0 Å². The predicted molar refractivity (Wildman–Crippen MR) is 79.0 cm³/mol. The summed E-state index contributed by atoms with van der Waals surface area (Å²) in [6.45, 7) is 11.7. The van der Waals surface area contributed by atoms with Crippen molar-refractivity contribution in [2.75, 3.05) is 6.54 Å². The van der Waals surface area contributed by atoms with Crippen LogP contribution in [0.15, 0.2) is 4.90 Å². The highest BCUT2D eigenvalue weighted by Gasteiger charge is 2.23. The zero-order chi connectivity index (χ0) is 15.0. The Hall–Kier alpha value is -0.910. The number of sulfonamides is 1. The lowest BCUT2D eigenvalue weighted by Gasteiger charge is -2.19. The lowest BCUT2D eigenvalue weighted by atomic mass is 9.95. The second-order valence-corrected chi connectivity index (χ2v) is 6.99. The van der Waals surface area contributed by atoms with Crippen LogP contribution in [0.4, 0.5) is 0 Å². The molecule has 0 amide bonds. The van der Waals surface area contributed by atoms with Crippen molar-refractivity contribution in [3.8, 4) is 0 Å². The standard InChI is InChI=1S/C14H24N2O2S/c1-8(15)7-16-19(17,18)14-12(5)10(3)9(2)11(4)13(14)6/h8,16H,7,15H2,1-6H3. The highest BCUT2D eigenvalue weighted by atomic mass is 32.2. The molecule has 0 aliphatic rings. The molecule has 0 aliphatic carbocycles. The maximum atomic E-state index is 12.4. The van der Waals surface area contributed by atoms with Crippen LogP contribution in [0.1, 0.15) is 34.7 Å². The van der Waals surface area contributed by atoms with Crippen molar-refractivity contribution in [1.82, 2.24) is 4.72 Å². The van der Waals surface area contributed by atoms with Gasteiger partial charge in [-0.05, 0) is 69.4 Å². The van der Waals surface area contributed by atoms with Gasteiger partial charge < -0.3 is 5.73 Å². The summed E-state index contributed by atoms with van der Waals surface area (Å²) in [5.41, 5.74) is 10.5. The molecule has 1 aromatic carbocycles. The van der Waals surface area contributed by atoms with E-state index in [4.69, 9.17) is 5.73 Å². The van der Waals surface area contributed by atoms with E-state index in [2.05, 4.69) is 4.72 Å². The Bertz CT molecular complexity index is 561. The third-order valence-electron chi connectivity index (χ3n) is 3.80. The first-order valence-electron chi connectivity index (χ1n) is 6.41. The molecule has 0 spiro atoms. The molecule has 1 atom stereocenters. The van der Waals surface area contributed by atoms with E-state index in [9.17, 15) is 8.42 Å². The van der Waals surface area contributed by atoms with Crippen molar-refractivity contribution in [1.29, 1.82) is 0 Å². The van der Waals surface area contributed by atoms with Crippen LogP contribution in [0.5, 0.6) is 0 Å². The minimum atomic E-state index is -3.51. The van der Waals surface area contributed by atoms with Crippen LogP contribution in [0.25, 0.3) is 0 Å². The quantitative estimate of drug-likeness (QED) is 0.886. The molecule has 0 saturated carbocycles. The smallest absolute Gasteiger partial charge is 0.241 e. The molecule has 3 N–H and O–H groups in total. The van der Waals surface area contributed by atoms with E-state index < -0.39 is 10.0 Å². The summed E-state index contributed by atoms with van der Waals surface area (Å²) in [6.07, 6.45) is 0. The summed E-state index contributed by atoms with van der Waals surface area (Å²) in [4.78, 5) is 0.397. The monoisotopic (exact) mass is 284 g/mol. The second kappa shape index (κ2) is 5.61. The fraction of sp³-hybridized carbons (Fsp3) is 0.571. The summed E-state index contributed by atoms with van der Waals surface area (Å²) in [5.74, 6) is 0. The van der Waals surface area contributed by atoms with Gasteiger partial charge in [-0.15, -0.1) is 0 Å². The Kier molecular flexibility index (Phi) is 4.76. The average Bonchev–Trinajstić information content (AvgIpc) is 2.31. The molecule has 5 heteroatoms. The molecule has 0 fully saturated rings. The van der Waals surface area contributed by atoms with Crippen LogP contribution < -0.4 is 10.5 Å². The summed E-state index contributed by atoms with van der Waals surface area (Å²) in [6, 6.07) is -0.206. The van der Waals surface area contributed by atoms with Crippen molar-refractivity contribution in [3.63, 3.8) is 0 Å². The zero-order valence-corrected chi connectivity index (χ0v) is 13.4. The molecule has 0 saturated heterocycles. The van der Waals surface area contributed by atoms with Gasteiger partial charge in [-0.1, -0.05) is 0 Å². The Morgan fingerprint density at radius 2 is 1.32 bits per heavy atom. The molecule has 1 rings (SSSR count). The van der Waals surface area contributed by atoms with Crippen LogP contribution in [0, 0.1) is 34.6 Å². The molecule has 4 nitrogen and oxygen atoms in total. The minimum Gasteiger partial charge on any atom is -0.327 e. The molecule has 108 valence electrons.